The first-order chi connectivity index (χ1) is 4.85. The molecule has 0 aromatic carbocycles. The Morgan fingerprint density at radius 3 is 2.20 bits per heavy atom. The second-order valence-electron chi connectivity index (χ2n) is 2.32. The molecule has 0 aromatic rings. The van der Waals surface area contributed by atoms with Crippen LogP contribution in [0.1, 0.15) is 12.8 Å². The third-order valence-electron chi connectivity index (χ3n) is 1.53. The molecule has 0 N–H and O–H groups in total. The van der Waals surface area contributed by atoms with E-state index >= 15 is 0 Å². The van der Waals surface area contributed by atoms with Crippen molar-refractivity contribution in [3.63, 3.8) is 0 Å². The maximum atomic E-state index is 3.79. The van der Waals surface area contributed by atoms with E-state index in [-0.39, 0.29) is 0 Å². The lowest BCUT2D eigenvalue weighted by atomic mass is 10.4. The fraction of sp³-hybridized carbons (Fsp3) is 0.500. The molecule has 0 atom stereocenters. The SMILES string of the molecule is C=C[SiH](C=C)CCCCBr. The van der Waals surface area contributed by atoms with Crippen molar-refractivity contribution in [2.45, 2.75) is 18.9 Å². The van der Waals surface area contributed by atoms with Crippen LogP contribution in [-0.2, 0) is 0 Å². The number of rotatable bonds is 6. The fourth-order valence-electron chi connectivity index (χ4n) is 0.806. The van der Waals surface area contributed by atoms with Crippen LogP contribution in [0.15, 0.2) is 24.6 Å². The Kier molecular flexibility index (Phi) is 7.41. The Balaban J connectivity index is 3.25. The van der Waals surface area contributed by atoms with E-state index in [4.69, 9.17) is 0 Å². The van der Waals surface area contributed by atoms with Gasteiger partial charge in [0.1, 0.15) is 0 Å². The van der Waals surface area contributed by atoms with Gasteiger partial charge >= 0.3 is 0 Å². The summed E-state index contributed by atoms with van der Waals surface area (Å²) in [6, 6.07) is 1.33. The van der Waals surface area contributed by atoms with Crippen molar-refractivity contribution in [1.82, 2.24) is 0 Å². The van der Waals surface area contributed by atoms with Gasteiger partial charge in [0.05, 0.1) is 8.80 Å². The van der Waals surface area contributed by atoms with Crippen LogP contribution in [-0.4, -0.2) is 14.1 Å². The summed E-state index contributed by atoms with van der Waals surface area (Å²) in [5.74, 6) is 0. The highest BCUT2D eigenvalue weighted by Crippen LogP contribution is 2.04. The van der Waals surface area contributed by atoms with Crippen molar-refractivity contribution < 1.29 is 0 Å². The van der Waals surface area contributed by atoms with Gasteiger partial charge in [-0.05, 0) is 6.42 Å². The minimum absolute atomic E-state index is 0.717. The molecule has 0 fully saturated rings. The van der Waals surface area contributed by atoms with Crippen LogP contribution < -0.4 is 0 Å². The van der Waals surface area contributed by atoms with Gasteiger partial charge in [-0.2, -0.15) is 0 Å². The molecular formula is C8H15BrSi. The van der Waals surface area contributed by atoms with Gasteiger partial charge < -0.3 is 0 Å². The third-order valence-corrected chi connectivity index (χ3v) is 4.37. The number of hydrogen-bond donors (Lipinski definition) is 0. The molecular weight excluding hydrogens is 204 g/mol. The maximum Gasteiger partial charge on any atom is 0.0838 e. The van der Waals surface area contributed by atoms with Crippen LogP contribution in [0.3, 0.4) is 0 Å². The molecule has 0 spiro atoms. The van der Waals surface area contributed by atoms with Gasteiger partial charge in [0.2, 0.25) is 0 Å². The molecule has 58 valence electrons. The fourth-order valence-corrected chi connectivity index (χ4v) is 2.63. The normalized spacial score (nSPS) is 9.80. The van der Waals surface area contributed by atoms with Crippen molar-refractivity contribution >= 4 is 24.7 Å². The van der Waals surface area contributed by atoms with Crippen molar-refractivity contribution in [1.29, 1.82) is 0 Å². The second-order valence-corrected chi connectivity index (χ2v) is 5.96. The van der Waals surface area contributed by atoms with Gasteiger partial charge in [0.15, 0.2) is 0 Å². The molecule has 0 bridgehead atoms. The monoisotopic (exact) mass is 218 g/mol. The van der Waals surface area contributed by atoms with Gasteiger partial charge in [-0.1, -0.05) is 28.4 Å². The zero-order valence-corrected chi connectivity index (χ0v) is 9.09. The number of hydrogen-bond acceptors (Lipinski definition) is 0. The van der Waals surface area contributed by atoms with Crippen LogP contribution in [0.4, 0.5) is 0 Å². The molecule has 0 aliphatic carbocycles. The third kappa shape index (κ3) is 5.00. The molecule has 0 saturated heterocycles. The highest BCUT2D eigenvalue weighted by atomic mass is 79.9. The predicted octanol–water partition coefficient (Wildman–Crippen LogP) is 2.84. The topological polar surface area (TPSA) is 0 Å². The molecule has 0 aliphatic heterocycles. The number of alkyl halides is 1. The van der Waals surface area contributed by atoms with Crippen molar-refractivity contribution in [3.05, 3.63) is 24.6 Å². The highest BCUT2D eigenvalue weighted by Gasteiger charge is 1.98. The molecule has 2 heteroatoms. The minimum Gasteiger partial charge on any atom is -0.107 e. The molecule has 0 amide bonds. The summed E-state index contributed by atoms with van der Waals surface area (Å²) in [4.78, 5) is 0. The van der Waals surface area contributed by atoms with Crippen LogP contribution >= 0.6 is 15.9 Å². The van der Waals surface area contributed by atoms with Crippen LogP contribution in [0.25, 0.3) is 0 Å². The quantitative estimate of drug-likeness (QED) is 0.366. The van der Waals surface area contributed by atoms with Gasteiger partial charge in [-0.15, -0.1) is 24.6 Å². The largest absolute Gasteiger partial charge is 0.107 e. The molecule has 10 heavy (non-hydrogen) atoms. The first-order valence-corrected chi connectivity index (χ1v) is 6.93. The Labute approximate surface area is 73.8 Å². The van der Waals surface area contributed by atoms with Crippen LogP contribution in [0.2, 0.25) is 6.04 Å². The van der Waals surface area contributed by atoms with E-state index in [0.717, 1.165) is 5.33 Å². The molecule has 0 nitrogen and oxygen atoms in total. The summed E-state index contributed by atoms with van der Waals surface area (Å²) in [6.45, 7) is 7.58. The van der Waals surface area contributed by atoms with E-state index in [1.54, 1.807) is 0 Å². The molecule has 0 aliphatic rings. The van der Waals surface area contributed by atoms with E-state index < -0.39 is 8.80 Å². The first kappa shape index (κ1) is 10.2. The lowest BCUT2D eigenvalue weighted by Gasteiger charge is -2.01. The zero-order valence-electron chi connectivity index (χ0n) is 6.35. The maximum absolute atomic E-state index is 3.79. The molecule has 0 unspecified atom stereocenters. The van der Waals surface area contributed by atoms with Gasteiger partial charge in [0, 0.05) is 5.33 Å². The molecule has 0 saturated carbocycles. The Bertz CT molecular complexity index is 93.4. The Hall–Kier alpha value is 0.177. The predicted molar refractivity (Wildman–Crippen MR) is 55.4 cm³/mol. The summed E-state index contributed by atoms with van der Waals surface area (Å²) in [5, 5.41) is 1.13. The van der Waals surface area contributed by atoms with Gasteiger partial charge in [-0.3, -0.25) is 0 Å². The minimum atomic E-state index is -0.717. The van der Waals surface area contributed by atoms with Crippen LogP contribution in [0.5, 0.6) is 0 Å². The van der Waals surface area contributed by atoms with E-state index in [9.17, 15) is 0 Å². The van der Waals surface area contributed by atoms with Gasteiger partial charge in [0.25, 0.3) is 0 Å². The lowest BCUT2D eigenvalue weighted by Crippen LogP contribution is -2.03. The van der Waals surface area contributed by atoms with Crippen LogP contribution in [0, 0.1) is 0 Å². The summed E-state index contributed by atoms with van der Waals surface area (Å²) >= 11 is 3.41. The molecule has 0 aromatic heterocycles. The first-order valence-electron chi connectivity index (χ1n) is 3.66. The second kappa shape index (κ2) is 7.29. The van der Waals surface area contributed by atoms with E-state index in [0.29, 0.717) is 0 Å². The van der Waals surface area contributed by atoms with Crippen molar-refractivity contribution in [2.24, 2.45) is 0 Å². The zero-order chi connectivity index (χ0) is 7.82. The molecule has 0 radical (unpaired) electrons. The van der Waals surface area contributed by atoms with Crippen molar-refractivity contribution in [2.75, 3.05) is 5.33 Å². The van der Waals surface area contributed by atoms with E-state index in [1.807, 2.05) is 0 Å². The highest BCUT2D eigenvalue weighted by molar-refractivity contribution is 9.09. The standard InChI is InChI=1S/C8H15BrSi/c1-3-10(4-2)8-6-5-7-9/h3-4,10H,1-2,5-8H2. The summed E-state index contributed by atoms with van der Waals surface area (Å²) in [7, 11) is -0.717. The smallest absolute Gasteiger partial charge is 0.0838 e. The van der Waals surface area contributed by atoms with Crippen molar-refractivity contribution in [3.8, 4) is 0 Å². The number of unbranched alkanes of at least 4 members (excludes halogenated alkanes) is 1. The van der Waals surface area contributed by atoms with E-state index in [2.05, 4.69) is 40.5 Å². The average Bonchev–Trinajstić information content (AvgIpc) is 1.99. The van der Waals surface area contributed by atoms with E-state index in [1.165, 1.54) is 18.9 Å². The summed E-state index contributed by atoms with van der Waals surface area (Å²) in [6.07, 6.45) is 2.60. The lowest BCUT2D eigenvalue weighted by molar-refractivity contribution is 0.893. The molecule has 0 rings (SSSR count). The summed E-state index contributed by atoms with van der Waals surface area (Å²) in [5.41, 5.74) is 4.20. The average molecular weight is 219 g/mol. The Morgan fingerprint density at radius 1 is 1.20 bits per heavy atom. The van der Waals surface area contributed by atoms with Gasteiger partial charge in [-0.25, -0.2) is 0 Å². The number of halogens is 1. The molecule has 0 heterocycles. The summed E-state index contributed by atoms with van der Waals surface area (Å²) < 4.78 is 0. The Morgan fingerprint density at radius 2 is 1.80 bits per heavy atom.